The lowest BCUT2D eigenvalue weighted by Gasteiger charge is -2.20. The van der Waals surface area contributed by atoms with E-state index in [1.54, 1.807) is 26.0 Å². The Morgan fingerprint density at radius 2 is 1.90 bits per heavy atom. The number of urea groups is 1. The first kappa shape index (κ1) is 21.3. The first-order valence-corrected chi connectivity index (χ1v) is 9.62. The molecular formula is C20H23N3O7. The van der Waals surface area contributed by atoms with E-state index in [-0.39, 0.29) is 23.8 Å². The quantitative estimate of drug-likeness (QED) is 0.478. The monoisotopic (exact) mass is 417 g/mol. The van der Waals surface area contributed by atoms with Crippen LogP contribution in [0.3, 0.4) is 0 Å². The van der Waals surface area contributed by atoms with Gasteiger partial charge in [0, 0.05) is 0 Å². The second-order valence-corrected chi connectivity index (χ2v) is 7.27. The van der Waals surface area contributed by atoms with Crippen molar-refractivity contribution in [3.05, 3.63) is 29.8 Å². The van der Waals surface area contributed by atoms with Gasteiger partial charge in [-0.1, -0.05) is 12.1 Å². The zero-order valence-electron chi connectivity index (χ0n) is 16.7. The molecule has 0 radical (unpaired) electrons. The van der Waals surface area contributed by atoms with Gasteiger partial charge in [0.1, 0.15) is 12.1 Å². The SMILES string of the molecule is CCOC(=O)c1ccccc1NC(=O)COC(=O)CN1C(=O)N[C@](C)(C2CC2)C1=O. The zero-order valence-corrected chi connectivity index (χ0v) is 16.7. The molecule has 0 bridgehead atoms. The van der Waals surface area contributed by atoms with Crippen molar-refractivity contribution >= 4 is 35.5 Å². The van der Waals surface area contributed by atoms with Crippen LogP contribution in [0.5, 0.6) is 0 Å². The van der Waals surface area contributed by atoms with Gasteiger partial charge in [0.15, 0.2) is 6.61 Å². The first-order valence-electron chi connectivity index (χ1n) is 9.62. The summed E-state index contributed by atoms with van der Waals surface area (Å²) in [5, 5.41) is 5.10. The highest BCUT2D eigenvalue weighted by molar-refractivity contribution is 6.09. The molecule has 3 rings (SSSR count). The molecule has 1 atom stereocenters. The topological polar surface area (TPSA) is 131 Å². The van der Waals surface area contributed by atoms with E-state index >= 15 is 0 Å². The van der Waals surface area contributed by atoms with Crippen LogP contribution in [0.15, 0.2) is 24.3 Å². The number of nitrogens with zero attached hydrogens (tertiary/aromatic N) is 1. The molecule has 2 aliphatic rings. The Morgan fingerprint density at radius 3 is 2.57 bits per heavy atom. The minimum absolute atomic E-state index is 0.0696. The normalized spacial score (nSPS) is 20.5. The molecular weight excluding hydrogens is 394 g/mol. The molecule has 1 aliphatic carbocycles. The molecule has 1 heterocycles. The van der Waals surface area contributed by atoms with E-state index in [2.05, 4.69) is 10.6 Å². The number of imide groups is 1. The van der Waals surface area contributed by atoms with Gasteiger partial charge in [-0.3, -0.25) is 19.3 Å². The van der Waals surface area contributed by atoms with Gasteiger partial charge in [-0.25, -0.2) is 9.59 Å². The number of amides is 4. The molecule has 10 heteroatoms. The van der Waals surface area contributed by atoms with E-state index in [4.69, 9.17) is 9.47 Å². The second kappa shape index (κ2) is 8.52. The molecule has 2 fully saturated rings. The molecule has 10 nitrogen and oxygen atoms in total. The lowest BCUT2D eigenvalue weighted by molar-refractivity contribution is -0.150. The maximum atomic E-state index is 12.5. The number of carbonyl (C=O) groups is 5. The van der Waals surface area contributed by atoms with Gasteiger partial charge in [0.2, 0.25) is 0 Å². The van der Waals surface area contributed by atoms with Crippen molar-refractivity contribution in [3.63, 3.8) is 0 Å². The van der Waals surface area contributed by atoms with Crippen LogP contribution in [-0.4, -0.2) is 60.0 Å². The Bertz CT molecular complexity index is 896. The summed E-state index contributed by atoms with van der Waals surface area (Å²) in [5.41, 5.74) is -0.616. The third-order valence-electron chi connectivity index (χ3n) is 5.04. The molecule has 1 saturated heterocycles. The van der Waals surface area contributed by atoms with Crippen molar-refractivity contribution in [3.8, 4) is 0 Å². The number of para-hydroxylation sites is 1. The smallest absolute Gasteiger partial charge is 0.340 e. The molecule has 0 spiro atoms. The van der Waals surface area contributed by atoms with Gasteiger partial charge in [0.25, 0.3) is 11.8 Å². The van der Waals surface area contributed by atoms with Gasteiger partial charge in [-0.15, -0.1) is 0 Å². The van der Waals surface area contributed by atoms with Crippen LogP contribution in [0, 0.1) is 5.92 Å². The van der Waals surface area contributed by atoms with Gasteiger partial charge < -0.3 is 20.1 Å². The zero-order chi connectivity index (χ0) is 21.9. The third-order valence-corrected chi connectivity index (χ3v) is 5.04. The number of esters is 2. The Labute approximate surface area is 172 Å². The molecule has 1 aromatic rings. The molecule has 1 aromatic carbocycles. The van der Waals surface area contributed by atoms with Crippen molar-refractivity contribution in [1.29, 1.82) is 0 Å². The molecule has 1 aliphatic heterocycles. The van der Waals surface area contributed by atoms with Crippen LogP contribution in [0.2, 0.25) is 0 Å². The first-order chi connectivity index (χ1) is 14.3. The van der Waals surface area contributed by atoms with Crippen molar-refractivity contribution in [2.75, 3.05) is 25.1 Å². The molecule has 0 aromatic heterocycles. The Kier molecular flexibility index (Phi) is 6.04. The maximum absolute atomic E-state index is 12.5. The fourth-order valence-corrected chi connectivity index (χ4v) is 3.28. The minimum Gasteiger partial charge on any atom is -0.462 e. The largest absolute Gasteiger partial charge is 0.462 e. The number of rotatable bonds is 8. The van der Waals surface area contributed by atoms with E-state index in [1.165, 1.54) is 12.1 Å². The number of nitrogens with one attached hydrogen (secondary N) is 2. The number of anilines is 1. The highest BCUT2D eigenvalue weighted by Crippen LogP contribution is 2.42. The van der Waals surface area contributed by atoms with E-state index in [1.807, 2.05) is 0 Å². The summed E-state index contributed by atoms with van der Waals surface area (Å²) in [6, 6.07) is 5.60. The van der Waals surface area contributed by atoms with Crippen LogP contribution in [0.25, 0.3) is 0 Å². The second-order valence-electron chi connectivity index (χ2n) is 7.27. The predicted molar refractivity (Wildman–Crippen MR) is 103 cm³/mol. The fourth-order valence-electron chi connectivity index (χ4n) is 3.28. The number of hydrogen-bond acceptors (Lipinski definition) is 7. The molecule has 30 heavy (non-hydrogen) atoms. The van der Waals surface area contributed by atoms with E-state index < -0.39 is 48.5 Å². The highest BCUT2D eigenvalue weighted by atomic mass is 16.5. The Morgan fingerprint density at radius 1 is 1.20 bits per heavy atom. The highest BCUT2D eigenvalue weighted by Gasteiger charge is 2.56. The lowest BCUT2D eigenvalue weighted by Crippen LogP contribution is -2.46. The molecule has 1 saturated carbocycles. The average Bonchev–Trinajstić information content (AvgIpc) is 3.53. The Balaban J connectivity index is 1.52. The summed E-state index contributed by atoms with van der Waals surface area (Å²) < 4.78 is 9.82. The summed E-state index contributed by atoms with van der Waals surface area (Å²) in [6.07, 6.45) is 1.68. The summed E-state index contributed by atoms with van der Waals surface area (Å²) in [6.45, 7) is 2.27. The van der Waals surface area contributed by atoms with Gasteiger partial charge in [0.05, 0.1) is 17.9 Å². The standard InChI is InChI=1S/C20H23N3O7/c1-3-29-17(26)13-6-4-5-7-14(13)21-15(24)11-30-16(25)10-23-18(27)20(2,12-8-9-12)22-19(23)28/h4-7,12H,3,8-11H2,1-2H3,(H,21,24)(H,22,28)/t20-/m1/s1. The molecule has 2 N–H and O–H groups in total. The number of carbonyl (C=O) groups excluding carboxylic acids is 5. The van der Waals surface area contributed by atoms with Gasteiger partial charge in [-0.2, -0.15) is 0 Å². The number of hydrogen-bond donors (Lipinski definition) is 2. The maximum Gasteiger partial charge on any atom is 0.340 e. The van der Waals surface area contributed by atoms with E-state index in [9.17, 15) is 24.0 Å². The molecule has 160 valence electrons. The average molecular weight is 417 g/mol. The van der Waals surface area contributed by atoms with Gasteiger partial charge in [-0.05, 0) is 44.7 Å². The van der Waals surface area contributed by atoms with Crippen LogP contribution in [-0.2, 0) is 23.9 Å². The molecule has 4 amide bonds. The van der Waals surface area contributed by atoms with Crippen molar-refractivity contribution in [1.82, 2.24) is 10.2 Å². The molecule has 0 unspecified atom stereocenters. The summed E-state index contributed by atoms with van der Waals surface area (Å²) in [7, 11) is 0. The van der Waals surface area contributed by atoms with Crippen LogP contribution < -0.4 is 10.6 Å². The van der Waals surface area contributed by atoms with E-state index in [0.29, 0.717) is 0 Å². The lowest BCUT2D eigenvalue weighted by atomic mass is 9.96. The van der Waals surface area contributed by atoms with Gasteiger partial charge >= 0.3 is 18.0 Å². The number of ether oxygens (including phenoxy) is 2. The minimum atomic E-state index is -0.994. The Hall–Kier alpha value is -3.43. The summed E-state index contributed by atoms with van der Waals surface area (Å²) in [4.78, 5) is 61.5. The summed E-state index contributed by atoms with van der Waals surface area (Å²) in [5.74, 6) is -2.57. The van der Waals surface area contributed by atoms with Crippen LogP contribution in [0.1, 0.15) is 37.0 Å². The fraction of sp³-hybridized carbons (Fsp3) is 0.450. The van der Waals surface area contributed by atoms with Crippen molar-refractivity contribution < 1.29 is 33.4 Å². The van der Waals surface area contributed by atoms with E-state index in [0.717, 1.165) is 17.7 Å². The third kappa shape index (κ3) is 4.42. The van der Waals surface area contributed by atoms with Crippen molar-refractivity contribution in [2.45, 2.75) is 32.2 Å². The number of benzene rings is 1. The van der Waals surface area contributed by atoms with Crippen molar-refractivity contribution in [2.24, 2.45) is 5.92 Å². The summed E-state index contributed by atoms with van der Waals surface area (Å²) >= 11 is 0. The van der Waals surface area contributed by atoms with Crippen LogP contribution in [0.4, 0.5) is 10.5 Å². The van der Waals surface area contributed by atoms with Crippen LogP contribution >= 0.6 is 0 Å². The predicted octanol–water partition coefficient (Wildman–Crippen LogP) is 1.07.